The van der Waals surface area contributed by atoms with E-state index in [1.54, 1.807) is 4.90 Å². The van der Waals surface area contributed by atoms with Gasteiger partial charge in [-0.3, -0.25) is 9.59 Å². The van der Waals surface area contributed by atoms with Gasteiger partial charge in [-0.2, -0.15) is 0 Å². The summed E-state index contributed by atoms with van der Waals surface area (Å²) in [5.74, 6) is 0.466. The number of carbonyl (C=O) groups is 2. The highest BCUT2D eigenvalue weighted by atomic mass is 16.5. The SMILES string of the molecule is NC(=O)CN(C(=O)Cc1ccc2c(c1)CCO2)C1CCCC1. The van der Waals surface area contributed by atoms with E-state index in [4.69, 9.17) is 10.5 Å². The lowest BCUT2D eigenvalue weighted by atomic mass is 10.0. The molecule has 5 nitrogen and oxygen atoms in total. The van der Waals surface area contributed by atoms with Crippen LogP contribution in [-0.2, 0) is 22.4 Å². The zero-order valence-corrected chi connectivity index (χ0v) is 12.7. The van der Waals surface area contributed by atoms with Crippen LogP contribution in [0.5, 0.6) is 5.75 Å². The van der Waals surface area contributed by atoms with Gasteiger partial charge in [-0.15, -0.1) is 0 Å². The topological polar surface area (TPSA) is 72.6 Å². The predicted octanol–water partition coefficient (Wildman–Crippen LogP) is 1.42. The molecule has 1 aliphatic heterocycles. The average Bonchev–Trinajstić information content (AvgIpc) is 3.15. The summed E-state index contributed by atoms with van der Waals surface area (Å²) in [6.07, 6.45) is 5.38. The number of hydrogen-bond acceptors (Lipinski definition) is 3. The second-order valence-corrected chi connectivity index (χ2v) is 6.14. The number of primary amides is 1. The van der Waals surface area contributed by atoms with Crippen LogP contribution < -0.4 is 10.5 Å². The van der Waals surface area contributed by atoms with Gasteiger partial charge in [0.25, 0.3) is 0 Å². The van der Waals surface area contributed by atoms with Crippen molar-refractivity contribution in [3.8, 4) is 5.75 Å². The largest absolute Gasteiger partial charge is 0.493 e. The number of benzene rings is 1. The van der Waals surface area contributed by atoms with Crippen LogP contribution in [0.25, 0.3) is 0 Å². The molecule has 0 aromatic heterocycles. The first-order valence-corrected chi connectivity index (χ1v) is 7.96. The summed E-state index contributed by atoms with van der Waals surface area (Å²) in [6, 6.07) is 6.06. The summed E-state index contributed by atoms with van der Waals surface area (Å²) in [6.45, 7) is 0.736. The monoisotopic (exact) mass is 302 g/mol. The summed E-state index contributed by atoms with van der Waals surface area (Å²) < 4.78 is 5.48. The molecule has 1 aliphatic carbocycles. The zero-order chi connectivity index (χ0) is 15.5. The fourth-order valence-electron chi connectivity index (χ4n) is 3.43. The molecule has 0 bridgehead atoms. The maximum atomic E-state index is 12.6. The van der Waals surface area contributed by atoms with E-state index in [-0.39, 0.29) is 18.5 Å². The molecule has 0 saturated heterocycles. The molecule has 2 aliphatic rings. The standard InChI is InChI=1S/C17H22N2O3/c18-16(20)11-19(14-3-1-2-4-14)17(21)10-12-5-6-15-13(9-12)7-8-22-15/h5-6,9,14H,1-4,7-8,10-11H2,(H2,18,20). The van der Waals surface area contributed by atoms with Gasteiger partial charge in [-0.25, -0.2) is 0 Å². The number of fused-ring (bicyclic) bond motifs is 1. The van der Waals surface area contributed by atoms with Crippen molar-refractivity contribution in [2.24, 2.45) is 5.73 Å². The predicted molar refractivity (Wildman–Crippen MR) is 82.5 cm³/mol. The van der Waals surface area contributed by atoms with Crippen LogP contribution in [0.1, 0.15) is 36.8 Å². The van der Waals surface area contributed by atoms with Crippen LogP contribution in [0.3, 0.4) is 0 Å². The Morgan fingerprint density at radius 1 is 1.27 bits per heavy atom. The van der Waals surface area contributed by atoms with E-state index in [9.17, 15) is 9.59 Å². The van der Waals surface area contributed by atoms with Crippen LogP contribution in [0.2, 0.25) is 0 Å². The van der Waals surface area contributed by atoms with Crippen molar-refractivity contribution in [3.05, 3.63) is 29.3 Å². The van der Waals surface area contributed by atoms with Crippen LogP contribution >= 0.6 is 0 Å². The van der Waals surface area contributed by atoms with Crippen molar-refractivity contribution in [2.75, 3.05) is 13.2 Å². The molecule has 1 saturated carbocycles. The molecule has 1 heterocycles. The summed E-state index contributed by atoms with van der Waals surface area (Å²) in [5.41, 5.74) is 7.45. The van der Waals surface area contributed by atoms with Crippen LogP contribution in [0.4, 0.5) is 0 Å². The Morgan fingerprint density at radius 3 is 2.77 bits per heavy atom. The van der Waals surface area contributed by atoms with Gasteiger partial charge in [0.15, 0.2) is 0 Å². The van der Waals surface area contributed by atoms with Gasteiger partial charge in [-0.05, 0) is 30.0 Å². The first-order chi connectivity index (χ1) is 10.6. The molecular weight excluding hydrogens is 280 g/mol. The first-order valence-electron chi connectivity index (χ1n) is 7.96. The van der Waals surface area contributed by atoms with Gasteiger partial charge >= 0.3 is 0 Å². The second-order valence-electron chi connectivity index (χ2n) is 6.14. The minimum Gasteiger partial charge on any atom is -0.493 e. The quantitative estimate of drug-likeness (QED) is 0.894. The Balaban J connectivity index is 1.71. The number of ether oxygens (including phenoxy) is 1. The number of hydrogen-bond donors (Lipinski definition) is 1. The lowest BCUT2D eigenvalue weighted by Gasteiger charge is -2.28. The Labute approximate surface area is 130 Å². The molecule has 0 spiro atoms. The van der Waals surface area contributed by atoms with Crippen LogP contribution in [0, 0.1) is 0 Å². The number of carbonyl (C=O) groups excluding carboxylic acids is 2. The maximum Gasteiger partial charge on any atom is 0.237 e. The third-order valence-corrected chi connectivity index (χ3v) is 4.52. The molecule has 0 radical (unpaired) electrons. The Bertz CT molecular complexity index is 579. The minimum atomic E-state index is -0.442. The van der Waals surface area contributed by atoms with Crippen LogP contribution in [0.15, 0.2) is 18.2 Å². The van der Waals surface area contributed by atoms with Crippen molar-refractivity contribution >= 4 is 11.8 Å². The molecule has 0 atom stereocenters. The van der Waals surface area contributed by atoms with E-state index in [2.05, 4.69) is 0 Å². The third-order valence-electron chi connectivity index (χ3n) is 4.52. The Kier molecular flexibility index (Phi) is 4.32. The van der Waals surface area contributed by atoms with E-state index in [0.29, 0.717) is 13.0 Å². The molecule has 1 aromatic carbocycles. The number of nitrogens with two attached hydrogens (primary N) is 1. The summed E-state index contributed by atoms with van der Waals surface area (Å²) in [7, 11) is 0. The smallest absolute Gasteiger partial charge is 0.237 e. The lowest BCUT2D eigenvalue weighted by Crippen LogP contribution is -2.44. The normalized spacial score (nSPS) is 17.1. The molecule has 1 aromatic rings. The van der Waals surface area contributed by atoms with Gasteiger partial charge in [-0.1, -0.05) is 25.0 Å². The zero-order valence-electron chi connectivity index (χ0n) is 12.7. The Morgan fingerprint density at radius 2 is 2.05 bits per heavy atom. The van der Waals surface area contributed by atoms with E-state index in [1.165, 1.54) is 0 Å². The third kappa shape index (κ3) is 3.24. The van der Waals surface area contributed by atoms with Gasteiger partial charge in [0.05, 0.1) is 19.6 Å². The number of amides is 2. The van der Waals surface area contributed by atoms with Crippen LogP contribution in [-0.4, -0.2) is 35.9 Å². The van der Waals surface area contributed by atoms with Crippen molar-refractivity contribution in [2.45, 2.75) is 44.6 Å². The molecule has 3 rings (SSSR count). The molecule has 118 valence electrons. The summed E-state index contributed by atoms with van der Waals surface area (Å²) in [4.78, 5) is 25.6. The molecule has 2 N–H and O–H groups in total. The molecule has 5 heteroatoms. The number of nitrogens with zero attached hydrogens (tertiary/aromatic N) is 1. The highest BCUT2D eigenvalue weighted by Gasteiger charge is 2.28. The van der Waals surface area contributed by atoms with E-state index < -0.39 is 5.91 Å². The van der Waals surface area contributed by atoms with Crippen molar-refractivity contribution in [1.29, 1.82) is 0 Å². The molecule has 1 fully saturated rings. The Hall–Kier alpha value is -2.04. The van der Waals surface area contributed by atoms with Gasteiger partial charge in [0.2, 0.25) is 11.8 Å². The lowest BCUT2D eigenvalue weighted by molar-refractivity contribution is -0.136. The van der Waals surface area contributed by atoms with Gasteiger partial charge in [0.1, 0.15) is 5.75 Å². The highest BCUT2D eigenvalue weighted by molar-refractivity contribution is 5.85. The van der Waals surface area contributed by atoms with E-state index in [1.807, 2.05) is 18.2 Å². The maximum absolute atomic E-state index is 12.6. The van der Waals surface area contributed by atoms with E-state index >= 15 is 0 Å². The molecule has 22 heavy (non-hydrogen) atoms. The first kappa shape index (κ1) is 14.9. The average molecular weight is 302 g/mol. The fraction of sp³-hybridized carbons (Fsp3) is 0.529. The highest BCUT2D eigenvalue weighted by Crippen LogP contribution is 2.27. The van der Waals surface area contributed by atoms with Gasteiger partial charge < -0.3 is 15.4 Å². The molecular formula is C17H22N2O3. The molecule has 2 amide bonds. The summed E-state index contributed by atoms with van der Waals surface area (Å²) >= 11 is 0. The van der Waals surface area contributed by atoms with E-state index in [0.717, 1.165) is 49.0 Å². The van der Waals surface area contributed by atoms with Crippen molar-refractivity contribution in [1.82, 2.24) is 4.90 Å². The number of rotatable bonds is 5. The van der Waals surface area contributed by atoms with Crippen molar-refractivity contribution in [3.63, 3.8) is 0 Å². The summed E-state index contributed by atoms with van der Waals surface area (Å²) in [5, 5.41) is 0. The van der Waals surface area contributed by atoms with Crippen molar-refractivity contribution < 1.29 is 14.3 Å². The minimum absolute atomic E-state index is 0.00966. The van der Waals surface area contributed by atoms with Gasteiger partial charge in [0, 0.05) is 12.5 Å². The fourth-order valence-corrected chi connectivity index (χ4v) is 3.43. The molecule has 0 unspecified atom stereocenters. The second kappa shape index (κ2) is 6.38.